The van der Waals surface area contributed by atoms with E-state index in [-0.39, 0.29) is 17.9 Å². The number of amides is 1. The molecule has 0 N–H and O–H groups in total. The fraction of sp³-hybridized carbons (Fsp3) is 0.500. The zero-order valence-electron chi connectivity index (χ0n) is 12.1. The smallest absolute Gasteiger partial charge is 0.334 e. The Labute approximate surface area is 126 Å². The van der Waals surface area contributed by atoms with Crippen LogP contribution in [0.4, 0.5) is 13.2 Å². The summed E-state index contributed by atoms with van der Waals surface area (Å²) in [5.74, 6) is -0.760. The molecule has 0 unspecified atom stereocenters. The van der Waals surface area contributed by atoms with Gasteiger partial charge in [-0.25, -0.2) is 8.42 Å². The Balaban J connectivity index is 2.29. The summed E-state index contributed by atoms with van der Waals surface area (Å²) >= 11 is 0. The van der Waals surface area contributed by atoms with E-state index in [0.29, 0.717) is 0 Å². The van der Waals surface area contributed by atoms with Gasteiger partial charge in [0.2, 0.25) is 0 Å². The number of benzene rings is 1. The maximum Gasteiger partial charge on any atom is 0.416 e. The largest absolute Gasteiger partial charge is 0.416 e. The Morgan fingerprint density at radius 2 is 1.91 bits per heavy atom. The summed E-state index contributed by atoms with van der Waals surface area (Å²) in [5, 5.41) is -0.740. The van der Waals surface area contributed by atoms with Gasteiger partial charge < -0.3 is 4.90 Å². The molecule has 0 spiro atoms. The number of nitrogens with zero attached hydrogens (tertiary/aromatic N) is 1. The zero-order chi connectivity index (χ0) is 16.7. The third-order valence-electron chi connectivity index (χ3n) is 4.05. The molecule has 0 radical (unpaired) electrons. The molecular formula is C14H16F3NO3S. The number of halogens is 3. The molecule has 2 atom stereocenters. The second-order valence-corrected chi connectivity index (χ2v) is 7.87. The van der Waals surface area contributed by atoms with Gasteiger partial charge in [-0.3, -0.25) is 4.79 Å². The van der Waals surface area contributed by atoms with E-state index in [1.807, 2.05) is 0 Å². The van der Waals surface area contributed by atoms with Gasteiger partial charge in [-0.05, 0) is 32.0 Å². The van der Waals surface area contributed by atoms with Crippen LogP contribution in [0, 0.1) is 0 Å². The summed E-state index contributed by atoms with van der Waals surface area (Å²) < 4.78 is 61.7. The number of carbonyl (C=O) groups excluding carboxylic acids is 1. The van der Waals surface area contributed by atoms with Crippen LogP contribution < -0.4 is 0 Å². The first-order valence-corrected chi connectivity index (χ1v) is 8.45. The van der Waals surface area contributed by atoms with E-state index >= 15 is 0 Å². The Bertz CT molecular complexity index is 685. The van der Waals surface area contributed by atoms with Gasteiger partial charge in [0.1, 0.15) is 0 Å². The Kier molecular flexibility index (Phi) is 4.25. The number of rotatable bonds is 1. The predicted octanol–water partition coefficient (Wildman–Crippen LogP) is 2.35. The molecule has 0 aliphatic carbocycles. The summed E-state index contributed by atoms with van der Waals surface area (Å²) in [6.45, 7) is 3.08. The first-order chi connectivity index (χ1) is 10.0. The first-order valence-electron chi connectivity index (χ1n) is 6.74. The molecule has 1 aliphatic rings. The average molecular weight is 335 g/mol. The van der Waals surface area contributed by atoms with Gasteiger partial charge >= 0.3 is 6.18 Å². The zero-order valence-corrected chi connectivity index (χ0v) is 12.9. The fourth-order valence-corrected chi connectivity index (χ4v) is 4.02. The molecule has 8 heteroatoms. The van der Waals surface area contributed by atoms with Gasteiger partial charge in [0.25, 0.3) is 5.91 Å². The molecule has 122 valence electrons. The Morgan fingerprint density at radius 1 is 1.27 bits per heavy atom. The summed E-state index contributed by atoms with van der Waals surface area (Å²) in [6, 6.07) is 3.58. The van der Waals surface area contributed by atoms with Gasteiger partial charge in [0.05, 0.1) is 16.6 Å². The first kappa shape index (κ1) is 16.8. The number of hydrogen-bond acceptors (Lipinski definition) is 3. The summed E-state index contributed by atoms with van der Waals surface area (Å²) in [7, 11) is -3.26. The second-order valence-electron chi connectivity index (χ2n) is 5.39. The number of hydrogen-bond donors (Lipinski definition) is 0. The van der Waals surface area contributed by atoms with Crippen molar-refractivity contribution >= 4 is 15.7 Å². The Hall–Kier alpha value is -1.57. The van der Waals surface area contributed by atoms with Crippen LogP contribution in [0.1, 0.15) is 29.8 Å². The normalized spacial score (nSPS) is 25.0. The van der Waals surface area contributed by atoms with Crippen LogP contribution in [-0.2, 0) is 16.0 Å². The van der Waals surface area contributed by atoms with Crippen molar-refractivity contribution < 1.29 is 26.4 Å². The van der Waals surface area contributed by atoms with Gasteiger partial charge in [-0.2, -0.15) is 13.2 Å². The lowest BCUT2D eigenvalue weighted by Gasteiger charge is -2.37. The number of carbonyl (C=O) groups is 1. The molecule has 0 aromatic heterocycles. The minimum absolute atomic E-state index is 0.0110. The molecule has 1 fully saturated rings. The standard InChI is InChI=1S/C14H16F3NO3S/c1-9-10(2)22(20,21)7-6-18(9)13(19)11-4-3-5-12(8-11)14(15,16)17/h3-5,8-10H,6-7H2,1-2H3/t9-,10+/m1/s1. The van der Waals surface area contributed by atoms with Crippen LogP contribution in [0.25, 0.3) is 0 Å². The van der Waals surface area contributed by atoms with Gasteiger partial charge in [0.15, 0.2) is 9.84 Å². The molecule has 1 saturated heterocycles. The van der Waals surface area contributed by atoms with Crippen molar-refractivity contribution in [2.45, 2.75) is 31.3 Å². The van der Waals surface area contributed by atoms with E-state index in [9.17, 15) is 26.4 Å². The summed E-state index contributed by atoms with van der Waals surface area (Å²) in [6.07, 6.45) is -4.53. The predicted molar refractivity (Wildman–Crippen MR) is 75.2 cm³/mol. The van der Waals surface area contributed by atoms with Crippen LogP contribution in [0.15, 0.2) is 24.3 Å². The lowest BCUT2D eigenvalue weighted by molar-refractivity contribution is -0.137. The van der Waals surface area contributed by atoms with Crippen molar-refractivity contribution in [3.05, 3.63) is 35.4 Å². The van der Waals surface area contributed by atoms with Crippen LogP contribution in [0.5, 0.6) is 0 Å². The molecule has 4 nitrogen and oxygen atoms in total. The molecule has 1 aromatic rings. The number of alkyl halides is 3. The molecule has 2 rings (SSSR count). The summed E-state index contributed by atoms with van der Waals surface area (Å²) in [5.41, 5.74) is -0.989. The van der Waals surface area contributed by atoms with Crippen LogP contribution in [0.3, 0.4) is 0 Å². The maximum absolute atomic E-state index is 12.7. The topological polar surface area (TPSA) is 54.5 Å². The van der Waals surface area contributed by atoms with Gasteiger partial charge in [-0.1, -0.05) is 6.07 Å². The van der Waals surface area contributed by atoms with Crippen molar-refractivity contribution in [3.63, 3.8) is 0 Å². The van der Waals surface area contributed by atoms with E-state index in [4.69, 9.17) is 0 Å². The van der Waals surface area contributed by atoms with E-state index in [2.05, 4.69) is 0 Å². The molecule has 22 heavy (non-hydrogen) atoms. The van der Waals surface area contributed by atoms with E-state index in [1.54, 1.807) is 6.92 Å². The van der Waals surface area contributed by atoms with Crippen LogP contribution in [0.2, 0.25) is 0 Å². The molecule has 1 aromatic carbocycles. The summed E-state index contributed by atoms with van der Waals surface area (Å²) in [4.78, 5) is 13.7. The van der Waals surface area contributed by atoms with Crippen molar-refractivity contribution in [1.82, 2.24) is 4.90 Å². The second kappa shape index (κ2) is 5.57. The molecule has 1 aliphatic heterocycles. The highest BCUT2D eigenvalue weighted by atomic mass is 32.2. The highest BCUT2D eigenvalue weighted by Gasteiger charge is 2.38. The molecule has 1 heterocycles. The van der Waals surface area contributed by atoms with E-state index in [1.165, 1.54) is 24.0 Å². The van der Waals surface area contributed by atoms with E-state index in [0.717, 1.165) is 12.1 Å². The monoisotopic (exact) mass is 335 g/mol. The highest BCUT2D eigenvalue weighted by Crippen LogP contribution is 2.30. The third kappa shape index (κ3) is 3.11. The van der Waals surface area contributed by atoms with Crippen molar-refractivity contribution in [2.75, 3.05) is 12.3 Å². The quantitative estimate of drug-likeness (QED) is 0.792. The molecular weight excluding hydrogens is 319 g/mol. The van der Waals surface area contributed by atoms with Crippen molar-refractivity contribution in [3.8, 4) is 0 Å². The average Bonchev–Trinajstić information content (AvgIpc) is 2.44. The fourth-order valence-electron chi connectivity index (χ4n) is 2.45. The van der Waals surface area contributed by atoms with Crippen LogP contribution >= 0.6 is 0 Å². The minimum Gasteiger partial charge on any atom is -0.334 e. The molecule has 0 saturated carbocycles. The molecule has 1 amide bonds. The van der Waals surface area contributed by atoms with Crippen LogP contribution in [-0.4, -0.2) is 42.8 Å². The SMILES string of the molecule is C[C@@H]1[C@H](C)S(=O)(=O)CCN1C(=O)c1cccc(C(F)(F)F)c1. The Morgan fingerprint density at radius 3 is 2.50 bits per heavy atom. The van der Waals surface area contributed by atoms with Gasteiger partial charge in [-0.15, -0.1) is 0 Å². The lowest BCUT2D eigenvalue weighted by atomic mass is 10.1. The van der Waals surface area contributed by atoms with Crippen molar-refractivity contribution in [2.24, 2.45) is 0 Å². The van der Waals surface area contributed by atoms with E-state index < -0.39 is 38.8 Å². The third-order valence-corrected chi connectivity index (χ3v) is 6.33. The lowest BCUT2D eigenvalue weighted by Crippen LogP contribution is -2.54. The van der Waals surface area contributed by atoms with Gasteiger partial charge in [0, 0.05) is 18.2 Å². The molecule has 0 bridgehead atoms. The number of sulfone groups is 1. The highest BCUT2D eigenvalue weighted by molar-refractivity contribution is 7.92. The maximum atomic E-state index is 12.7. The minimum atomic E-state index is -4.53. The van der Waals surface area contributed by atoms with Crippen molar-refractivity contribution in [1.29, 1.82) is 0 Å².